The smallest absolute Gasteiger partial charge is 0.410 e. The van der Waals surface area contributed by atoms with Gasteiger partial charge in [-0.05, 0) is 42.2 Å². The van der Waals surface area contributed by atoms with E-state index in [-0.39, 0.29) is 30.0 Å². The number of nitrogens with two attached hydrogens (primary N) is 1. The number of aromatic nitrogens is 1. The van der Waals surface area contributed by atoms with E-state index in [0.717, 1.165) is 18.4 Å². The number of carbonyl (C=O) groups excluding carboxylic acids is 2. The highest BCUT2D eigenvalue weighted by Gasteiger charge is 2.30. The summed E-state index contributed by atoms with van der Waals surface area (Å²) in [5.74, 6) is -0.325. The number of ether oxygens (including phenoxy) is 1. The molecule has 2 heterocycles. The molecule has 176 valence electrons. The fourth-order valence-electron chi connectivity index (χ4n) is 4.32. The lowest BCUT2D eigenvalue weighted by Crippen LogP contribution is -2.40. The largest absolute Gasteiger partial charge is 0.507 e. The fraction of sp³-hybridized carbons (Fsp3) is 0.269. The molecule has 2 amide bonds. The van der Waals surface area contributed by atoms with Gasteiger partial charge in [-0.15, -0.1) is 0 Å². The summed E-state index contributed by atoms with van der Waals surface area (Å²) in [5.41, 5.74) is 9.15. The van der Waals surface area contributed by atoms with Crippen LogP contribution in [0.25, 0.3) is 11.3 Å². The first kappa shape index (κ1) is 23.1. The van der Waals surface area contributed by atoms with Crippen LogP contribution in [0.15, 0.2) is 60.7 Å². The van der Waals surface area contributed by atoms with E-state index in [0.29, 0.717) is 35.5 Å². The number of anilines is 1. The third kappa shape index (κ3) is 4.96. The van der Waals surface area contributed by atoms with Crippen LogP contribution in [0.1, 0.15) is 40.2 Å². The topological polar surface area (TPSA) is 118 Å². The van der Waals surface area contributed by atoms with Crippen LogP contribution in [0.4, 0.5) is 10.6 Å². The number of pyridine rings is 1. The maximum absolute atomic E-state index is 12.8. The normalized spacial score (nSPS) is 15.6. The average molecular weight is 461 g/mol. The molecule has 0 spiro atoms. The Morgan fingerprint density at radius 3 is 2.65 bits per heavy atom. The zero-order chi connectivity index (χ0) is 24.1. The first-order valence-electron chi connectivity index (χ1n) is 11.2. The molecule has 8 heteroatoms. The molecular formula is C26H28N4O4. The number of hydrogen-bond donors (Lipinski definition) is 3. The summed E-state index contributed by atoms with van der Waals surface area (Å²) in [7, 11) is 1.54. The van der Waals surface area contributed by atoms with E-state index >= 15 is 0 Å². The molecule has 0 radical (unpaired) electrons. The molecule has 34 heavy (non-hydrogen) atoms. The van der Waals surface area contributed by atoms with Crippen molar-refractivity contribution in [3.8, 4) is 17.0 Å². The van der Waals surface area contributed by atoms with Gasteiger partial charge in [0.05, 0.1) is 11.3 Å². The maximum Gasteiger partial charge on any atom is 0.410 e. The Morgan fingerprint density at radius 1 is 1.18 bits per heavy atom. The van der Waals surface area contributed by atoms with Gasteiger partial charge in [-0.1, -0.05) is 42.5 Å². The summed E-state index contributed by atoms with van der Waals surface area (Å²) in [6, 6.07) is 18.1. The summed E-state index contributed by atoms with van der Waals surface area (Å²) < 4.78 is 5.52. The number of nitrogens with one attached hydrogen (secondary N) is 1. The Hall–Kier alpha value is -4.07. The van der Waals surface area contributed by atoms with Crippen molar-refractivity contribution in [1.29, 1.82) is 0 Å². The minimum Gasteiger partial charge on any atom is -0.507 e. The van der Waals surface area contributed by atoms with Crippen molar-refractivity contribution in [1.82, 2.24) is 15.2 Å². The molecule has 2 aromatic carbocycles. The quantitative estimate of drug-likeness (QED) is 0.531. The second-order valence-corrected chi connectivity index (χ2v) is 8.28. The predicted octanol–water partition coefficient (Wildman–Crippen LogP) is 3.91. The Balaban J connectivity index is 1.61. The number of phenolic OH excluding ortho intramolecular Hbond substituents is 1. The van der Waals surface area contributed by atoms with E-state index in [1.807, 2.05) is 30.3 Å². The van der Waals surface area contributed by atoms with Crippen LogP contribution in [0.5, 0.6) is 5.75 Å². The molecule has 1 aliphatic heterocycles. The zero-order valence-corrected chi connectivity index (χ0v) is 19.0. The van der Waals surface area contributed by atoms with E-state index in [2.05, 4.69) is 10.3 Å². The fourth-order valence-corrected chi connectivity index (χ4v) is 4.32. The molecule has 1 atom stereocenters. The molecular weight excluding hydrogens is 432 g/mol. The van der Waals surface area contributed by atoms with E-state index < -0.39 is 6.09 Å². The Morgan fingerprint density at radius 2 is 1.91 bits per heavy atom. The lowest BCUT2D eigenvalue weighted by Gasteiger charge is -2.33. The van der Waals surface area contributed by atoms with Crippen molar-refractivity contribution < 1.29 is 19.4 Å². The average Bonchev–Trinajstić information content (AvgIpc) is 2.87. The van der Waals surface area contributed by atoms with Gasteiger partial charge >= 0.3 is 6.09 Å². The van der Waals surface area contributed by atoms with E-state index in [1.54, 1.807) is 35.2 Å². The summed E-state index contributed by atoms with van der Waals surface area (Å²) in [5, 5.41) is 13.0. The lowest BCUT2D eigenvalue weighted by atomic mass is 9.86. The molecule has 0 saturated carbocycles. The van der Waals surface area contributed by atoms with Gasteiger partial charge < -0.3 is 25.8 Å². The Kier molecular flexibility index (Phi) is 6.96. The van der Waals surface area contributed by atoms with Gasteiger partial charge in [-0.25, -0.2) is 9.78 Å². The van der Waals surface area contributed by atoms with Crippen molar-refractivity contribution in [3.05, 3.63) is 77.4 Å². The number of likely N-dealkylation sites (tertiary alicyclic amines) is 1. The monoisotopic (exact) mass is 460 g/mol. The van der Waals surface area contributed by atoms with Crippen LogP contribution in [0.3, 0.4) is 0 Å². The van der Waals surface area contributed by atoms with Gasteiger partial charge in [0.25, 0.3) is 5.91 Å². The molecule has 1 fully saturated rings. The number of phenols is 1. The van der Waals surface area contributed by atoms with Crippen LogP contribution in [0.2, 0.25) is 0 Å². The zero-order valence-electron chi connectivity index (χ0n) is 19.0. The van der Waals surface area contributed by atoms with Crippen molar-refractivity contribution in [2.24, 2.45) is 0 Å². The number of carbonyl (C=O) groups is 2. The SMILES string of the molecule is CNC(=O)c1c(C2CCCN(C(=O)OCc3ccccc3)C2)cc(-c2ccccc2O)nc1N. The number of para-hydroxylation sites is 1. The van der Waals surface area contributed by atoms with E-state index in [4.69, 9.17) is 10.5 Å². The molecule has 1 saturated heterocycles. The molecule has 0 aliphatic carbocycles. The molecule has 4 N–H and O–H groups in total. The minimum absolute atomic E-state index is 0.0720. The van der Waals surface area contributed by atoms with Gasteiger partial charge in [0, 0.05) is 31.6 Å². The molecule has 8 nitrogen and oxygen atoms in total. The van der Waals surface area contributed by atoms with Gasteiger partial charge in [-0.3, -0.25) is 4.79 Å². The highest BCUT2D eigenvalue weighted by atomic mass is 16.6. The number of benzene rings is 2. The third-order valence-corrected chi connectivity index (χ3v) is 6.04. The number of rotatable bonds is 5. The Bertz CT molecular complexity index is 1180. The molecule has 0 bridgehead atoms. The number of amides is 2. The number of hydrogen-bond acceptors (Lipinski definition) is 6. The highest BCUT2D eigenvalue weighted by Crippen LogP contribution is 2.36. The van der Waals surface area contributed by atoms with Crippen molar-refractivity contribution >= 4 is 17.8 Å². The molecule has 1 unspecified atom stereocenters. The summed E-state index contributed by atoms with van der Waals surface area (Å²) in [6.45, 7) is 1.16. The molecule has 3 aromatic rings. The second-order valence-electron chi connectivity index (χ2n) is 8.28. The van der Waals surface area contributed by atoms with Crippen molar-refractivity contribution in [3.63, 3.8) is 0 Å². The molecule has 4 rings (SSSR count). The van der Waals surface area contributed by atoms with Crippen LogP contribution in [-0.4, -0.2) is 47.1 Å². The molecule has 1 aliphatic rings. The first-order chi connectivity index (χ1) is 16.5. The van der Waals surface area contributed by atoms with Gasteiger partial charge in [-0.2, -0.15) is 0 Å². The van der Waals surface area contributed by atoms with E-state index in [1.165, 1.54) is 7.05 Å². The van der Waals surface area contributed by atoms with Crippen LogP contribution < -0.4 is 11.1 Å². The Labute approximate surface area is 198 Å². The summed E-state index contributed by atoms with van der Waals surface area (Å²) in [4.78, 5) is 31.5. The van der Waals surface area contributed by atoms with Gasteiger partial charge in [0.1, 0.15) is 18.2 Å². The van der Waals surface area contributed by atoms with Crippen LogP contribution >= 0.6 is 0 Å². The number of nitrogens with zero attached hydrogens (tertiary/aromatic N) is 2. The molecule has 1 aromatic heterocycles. The van der Waals surface area contributed by atoms with E-state index in [9.17, 15) is 14.7 Å². The summed E-state index contributed by atoms with van der Waals surface area (Å²) >= 11 is 0. The van der Waals surface area contributed by atoms with Crippen molar-refractivity contribution in [2.75, 3.05) is 25.9 Å². The first-order valence-corrected chi connectivity index (χ1v) is 11.2. The number of aromatic hydroxyl groups is 1. The lowest BCUT2D eigenvalue weighted by molar-refractivity contribution is 0.0857. The number of piperidine rings is 1. The highest BCUT2D eigenvalue weighted by molar-refractivity contribution is 6.00. The number of nitrogen functional groups attached to an aromatic ring is 1. The van der Waals surface area contributed by atoms with Crippen LogP contribution in [0, 0.1) is 0 Å². The second kappa shape index (κ2) is 10.2. The predicted molar refractivity (Wildman–Crippen MR) is 129 cm³/mol. The van der Waals surface area contributed by atoms with Gasteiger partial charge in [0.15, 0.2) is 0 Å². The standard InChI is InChI=1S/C26H28N4O4/c1-28-25(32)23-20(14-21(29-24(23)27)19-11-5-6-12-22(19)31)18-10-7-13-30(15-18)26(33)34-16-17-8-3-2-4-9-17/h2-6,8-9,11-12,14,18,31H,7,10,13,15-16H2,1H3,(H2,27,29)(H,28,32). The van der Waals surface area contributed by atoms with Crippen molar-refractivity contribution in [2.45, 2.75) is 25.4 Å². The maximum atomic E-state index is 12.8. The minimum atomic E-state index is -0.391. The van der Waals surface area contributed by atoms with Crippen LogP contribution in [-0.2, 0) is 11.3 Å². The third-order valence-electron chi connectivity index (χ3n) is 6.04. The summed E-state index contributed by atoms with van der Waals surface area (Å²) in [6.07, 6.45) is 1.14. The van der Waals surface area contributed by atoms with Gasteiger partial charge in [0.2, 0.25) is 0 Å².